The van der Waals surface area contributed by atoms with Crippen LogP contribution < -0.4 is 0 Å². The van der Waals surface area contributed by atoms with E-state index < -0.39 is 0 Å². The third-order valence-corrected chi connectivity index (χ3v) is 2.31. The number of nitrogens with zero attached hydrogens (tertiary/aromatic N) is 1. The van der Waals surface area contributed by atoms with Gasteiger partial charge in [0, 0.05) is 21.8 Å². The molecule has 70 valence electrons. The van der Waals surface area contributed by atoms with E-state index in [0.717, 1.165) is 11.3 Å². The standard InChI is InChI=1S/C11H7Cl2N/c12-9-3-1-2-8(6-9)11-7-10(13)4-5-14-11/h1-7H. The van der Waals surface area contributed by atoms with E-state index in [4.69, 9.17) is 23.2 Å². The van der Waals surface area contributed by atoms with E-state index in [2.05, 4.69) is 4.98 Å². The summed E-state index contributed by atoms with van der Waals surface area (Å²) in [5.74, 6) is 0. The predicted octanol–water partition coefficient (Wildman–Crippen LogP) is 4.06. The third-order valence-electron chi connectivity index (χ3n) is 1.84. The Morgan fingerprint density at radius 3 is 2.43 bits per heavy atom. The molecular weight excluding hydrogens is 217 g/mol. The van der Waals surface area contributed by atoms with E-state index >= 15 is 0 Å². The monoisotopic (exact) mass is 223 g/mol. The third kappa shape index (κ3) is 2.06. The summed E-state index contributed by atoms with van der Waals surface area (Å²) < 4.78 is 0. The van der Waals surface area contributed by atoms with Crippen LogP contribution in [-0.2, 0) is 0 Å². The Balaban J connectivity index is 2.49. The average molecular weight is 224 g/mol. The van der Waals surface area contributed by atoms with Gasteiger partial charge in [0.15, 0.2) is 0 Å². The molecule has 0 aliphatic carbocycles. The summed E-state index contributed by atoms with van der Waals surface area (Å²) in [4.78, 5) is 4.21. The molecule has 1 aromatic carbocycles. The van der Waals surface area contributed by atoms with Crippen LogP contribution in [0.5, 0.6) is 0 Å². The summed E-state index contributed by atoms with van der Waals surface area (Å²) in [5, 5.41) is 1.37. The lowest BCUT2D eigenvalue weighted by molar-refractivity contribution is 1.33. The molecule has 0 fully saturated rings. The zero-order valence-corrected chi connectivity index (χ0v) is 8.76. The first-order chi connectivity index (χ1) is 6.75. The SMILES string of the molecule is Clc1cccc(-c2cc(Cl)ccn2)c1. The van der Waals surface area contributed by atoms with E-state index in [-0.39, 0.29) is 0 Å². The second-order valence-corrected chi connectivity index (χ2v) is 3.74. The molecule has 0 saturated heterocycles. The van der Waals surface area contributed by atoms with E-state index in [1.165, 1.54) is 0 Å². The average Bonchev–Trinajstić information content (AvgIpc) is 2.18. The second kappa shape index (κ2) is 3.99. The first-order valence-corrected chi connectivity index (χ1v) is 4.89. The molecule has 0 atom stereocenters. The molecule has 0 saturated carbocycles. The van der Waals surface area contributed by atoms with Crippen LogP contribution in [0.1, 0.15) is 0 Å². The molecule has 0 N–H and O–H groups in total. The van der Waals surface area contributed by atoms with Crippen molar-refractivity contribution >= 4 is 23.2 Å². The summed E-state index contributed by atoms with van der Waals surface area (Å²) >= 11 is 11.7. The van der Waals surface area contributed by atoms with Gasteiger partial charge in [-0.25, -0.2) is 0 Å². The first kappa shape index (κ1) is 9.50. The van der Waals surface area contributed by atoms with E-state index in [1.807, 2.05) is 30.3 Å². The molecule has 1 nitrogen and oxygen atoms in total. The van der Waals surface area contributed by atoms with Gasteiger partial charge in [0.25, 0.3) is 0 Å². The Labute approximate surface area is 92.3 Å². The highest BCUT2D eigenvalue weighted by Gasteiger charge is 1.99. The van der Waals surface area contributed by atoms with Crippen molar-refractivity contribution in [1.82, 2.24) is 4.98 Å². The summed E-state index contributed by atoms with van der Waals surface area (Å²) in [5.41, 5.74) is 1.81. The minimum atomic E-state index is 0.676. The number of hydrogen-bond donors (Lipinski definition) is 0. The van der Waals surface area contributed by atoms with Gasteiger partial charge in [0.2, 0.25) is 0 Å². The Hall–Kier alpha value is -1.05. The zero-order chi connectivity index (χ0) is 9.97. The van der Waals surface area contributed by atoms with Crippen molar-refractivity contribution in [2.24, 2.45) is 0 Å². The second-order valence-electron chi connectivity index (χ2n) is 2.87. The molecule has 3 heteroatoms. The fourth-order valence-electron chi connectivity index (χ4n) is 1.21. The fraction of sp³-hybridized carbons (Fsp3) is 0. The molecule has 0 unspecified atom stereocenters. The van der Waals surface area contributed by atoms with Crippen molar-refractivity contribution in [2.45, 2.75) is 0 Å². The van der Waals surface area contributed by atoms with Gasteiger partial charge < -0.3 is 0 Å². The highest BCUT2D eigenvalue weighted by Crippen LogP contribution is 2.22. The minimum Gasteiger partial charge on any atom is -0.256 e. The molecule has 0 amide bonds. The molecular formula is C11H7Cl2N. The maximum Gasteiger partial charge on any atom is 0.0717 e. The van der Waals surface area contributed by atoms with Crippen molar-refractivity contribution in [3.05, 3.63) is 52.6 Å². The number of aromatic nitrogens is 1. The Bertz CT molecular complexity index is 411. The number of pyridine rings is 1. The van der Waals surface area contributed by atoms with E-state index in [9.17, 15) is 0 Å². The van der Waals surface area contributed by atoms with Crippen LogP contribution in [0.3, 0.4) is 0 Å². The van der Waals surface area contributed by atoms with Crippen molar-refractivity contribution in [2.75, 3.05) is 0 Å². The lowest BCUT2D eigenvalue weighted by Gasteiger charge is -2.00. The molecule has 1 heterocycles. The van der Waals surface area contributed by atoms with Crippen LogP contribution in [0.2, 0.25) is 10.0 Å². The topological polar surface area (TPSA) is 12.9 Å². The first-order valence-electron chi connectivity index (χ1n) is 4.13. The number of hydrogen-bond acceptors (Lipinski definition) is 1. The van der Waals surface area contributed by atoms with Crippen LogP contribution in [0.4, 0.5) is 0 Å². The smallest absolute Gasteiger partial charge is 0.0717 e. The van der Waals surface area contributed by atoms with Gasteiger partial charge in [-0.1, -0.05) is 35.3 Å². The number of halogens is 2. The van der Waals surface area contributed by atoms with E-state index in [1.54, 1.807) is 12.3 Å². The molecule has 2 rings (SSSR count). The lowest BCUT2D eigenvalue weighted by Crippen LogP contribution is -1.81. The van der Waals surface area contributed by atoms with Gasteiger partial charge in [-0.15, -0.1) is 0 Å². The van der Waals surface area contributed by atoms with Crippen molar-refractivity contribution < 1.29 is 0 Å². The molecule has 0 aliphatic heterocycles. The normalized spacial score (nSPS) is 10.1. The summed E-state index contributed by atoms with van der Waals surface area (Å²) in [6.45, 7) is 0. The Kier molecular flexibility index (Phi) is 2.71. The summed E-state index contributed by atoms with van der Waals surface area (Å²) in [6, 6.07) is 11.1. The highest BCUT2D eigenvalue weighted by molar-refractivity contribution is 6.31. The quantitative estimate of drug-likeness (QED) is 0.711. The van der Waals surface area contributed by atoms with Gasteiger partial charge in [-0.05, 0) is 24.3 Å². The van der Waals surface area contributed by atoms with Gasteiger partial charge in [-0.3, -0.25) is 4.98 Å². The summed E-state index contributed by atoms with van der Waals surface area (Å²) in [6.07, 6.45) is 1.68. The van der Waals surface area contributed by atoms with Crippen LogP contribution in [0, 0.1) is 0 Å². The van der Waals surface area contributed by atoms with Gasteiger partial charge in [-0.2, -0.15) is 0 Å². The molecule has 0 radical (unpaired) electrons. The zero-order valence-electron chi connectivity index (χ0n) is 7.24. The van der Waals surface area contributed by atoms with Crippen LogP contribution in [-0.4, -0.2) is 4.98 Å². The van der Waals surface area contributed by atoms with Crippen molar-refractivity contribution in [3.8, 4) is 11.3 Å². The molecule has 1 aromatic heterocycles. The van der Waals surface area contributed by atoms with Crippen molar-refractivity contribution in [1.29, 1.82) is 0 Å². The van der Waals surface area contributed by atoms with Gasteiger partial charge >= 0.3 is 0 Å². The van der Waals surface area contributed by atoms with Crippen LogP contribution >= 0.6 is 23.2 Å². The predicted molar refractivity (Wildman–Crippen MR) is 59.7 cm³/mol. The molecule has 0 bridgehead atoms. The molecule has 0 spiro atoms. The van der Waals surface area contributed by atoms with Crippen LogP contribution in [0.15, 0.2) is 42.6 Å². The van der Waals surface area contributed by atoms with Gasteiger partial charge in [0.05, 0.1) is 5.69 Å². The Morgan fingerprint density at radius 1 is 0.929 bits per heavy atom. The van der Waals surface area contributed by atoms with Crippen molar-refractivity contribution in [3.63, 3.8) is 0 Å². The fourth-order valence-corrected chi connectivity index (χ4v) is 1.56. The minimum absolute atomic E-state index is 0.676. The van der Waals surface area contributed by atoms with Crippen LogP contribution in [0.25, 0.3) is 11.3 Å². The molecule has 0 aliphatic rings. The molecule has 2 aromatic rings. The lowest BCUT2D eigenvalue weighted by atomic mass is 10.1. The largest absolute Gasteiger partial charge is 0.256 e. The Morgan fingerprint density at radius 2 is 1.71 bits per heavy atom. The van der Waals surface area contributed by atoms with Gasteiger partial charge in [0.1, 0.15) is 0 Å². The van der Waals surface area contributed by atoms with E-state index in [0.29, 0.717) is 10.0 Å². The maximum atomic E-state index is 5.87. The molecule has 14 heavy (non-hydrogen) atoms. The summed E-state index contributed by atoms with van der Waals surface area (Å²) in [7, 11) is 0. The number of rotatable bonds is 1. The number of benzene rings is 1. The maximum absolute atomic E-state index is 5.87. The highest BCUT2D eigenvalue weighted by atomic mass is 35.5.